The highest BCUT2D eigenvalue weighted by atomic mass is 16.7. The number of fused-ring (bicyclic) bond motifs is 1. The lowest BCUT2D eigenvalue weighted by molar-refractivity contribution is -0.113. The average molecular weight is 354 g/mol. The number of anilines is 2. The van der Waals surface area contributed by atoms with Crippen molar-refractivity contribution in [1.29, 1.82) is 0 Å². The highest BCUT2D eigenvalue weighted by Crippen LogP contribution is 2.34. The van der Waals surface area contributed by atoms with Gasteiger partial charge in [-0.3, -0.25) is 4.79 Å². The largest absolute Gasteiger partial charge is 0.454 e. The lowest BCUT2D eigenvalue weighted by Crippen LogP contribution is -2.27. The van der Waals surface area contributed by atoms with Gasteiger partial charge in [0, 0.05) is 41.8 Å². The number of hydrogen-bond acceptors (Lipinski definition) is 6. The zero-order valence-corrected chi connectivity index (χ0v) is 14.5. The Morgan fingerprint density at radius 3 is 2.58 bits per heavy atom. The molecule has 0 unspecified atom stereocenters. The third-order valence-electron chi connectivity index (χ3n) is 3.99. The molecule has 3 rings (SSSR count). The predicted molar refractivity (Wildman–Crippen MR) is 101 cm³/mol. The minimum Gasteiger partial charge on any atom is -0.454 e. The second-order valence-electron chi connectivity index (χ2n) is 6.03. The monoisotopic (exact) mass is 354 g/mol. The van der Waals surface area contributed by atoms with Crippen molar-refractivity contribution in [1.82, 2.24) is 5.32 Å². The van der Waals surface area contributed by atoms with Crippen LogP contribution in [0.5, 0.6) is 11.5 Å². The zero-order valence-electron chi connectivity index (χ0n) is 14.5. The van der Waals surface area contributed by atoms with Crippen molar-refractivity contribution >= 4 is 17.3 Å². The van der Waals surface area contributed by atoms with Crippen molar-refractivity contribution in [3.05, 3.63) is 59.3 Å². The Morgan fingerprint density at radius 1 is 1.12 bits per heavy atom. The van der Waals surface area contributed by atoms with E-state index in [-0.39, 0.29) is 12.7 Å². The van der Waals surface area contributed by atoms with Crippen LogP contribution in [0, 0.1) is 0 Å². The fourth-order valence-electron chi connectivity index (χ4n) is 2.55. The van der Waals surface area contributed by atoms with Gasteiger partial charge in [-0.2, -0.15) is 0 Å². The summed E-state index contributed by atoms with van der Waals surface area (Å²) in [4.78, 5) is 12.6. The Hall–Kier alpha value is -3.19. The van der Waals surface area contributed by atoms with E-state index in [2.05, 4.69) is 10.6 Å². The smallest absolute Gasteiger partial charge is 0.254 e. The summed E-state index contributed by atoms with van der Waals surface area (Å²) in [7, 11) is 0. The molecule has 0 spiro atoms. The quantitative estimate of drug-likeness (QED) is 0.466. The van der Waals surface area contributed by atoms with Crippen LogP contribution in [0.2, 0.25) is 0 Å². The van der Waals surface area contributed by atoms with Crippen LogP contribution in [0.4, 0.5) is 11.4 Å². The number of hydrogen-bond donors (Lipinski definition) is 4. The van der Waals surface area contributed by atoms with Crippen LogP contribution in [0.15, 0.2) is 53.7 Å². The second kappa shape index (κ2) is 7.79. The summed E-state index contributed by atoms with van der Waals surface area (Å²) in [5, 5.41) is 6.07. The minimum atomic E-state index is -0.256. The third-order valence-corrected chi connectivity index (χ3v) is 3.99. The Morgan fingerprint density at radius 2 is 1.85 bits per heavy atom. The minimum absolute atomic E-state index is 0.189. The summed E-state index contributed by atoms with van der Waals surface area (Å²) in [6, 6.07) is 12.8. The number of rotatable bonds is 6. The Labute approximate surface area is 152 Å². The van der Waals surface area contributed by atoms with Crippen molar-refractivity contribution < 1.29 is 14.3 Å². The Balaban J connectivity index is 1.59. The van der Waals surface area contributed by atoms with E-state index in [4.69, 9.17) is 20.9 Å². The molecule has 6 N–H and O–H groups in total. The maximum atomic E-state index is 12.6. The Kier molecular flexibility index (Phi) is 5.28. The van der Waals surface area contributed by atoms with Gasteiger partial charge in [-0.15, -0.1) is 0 Å². The van der Waals surface area contributed by atoms with Gasteiger partial charge in [-0.1, -0.05) is 12.1 Å². The molecule has 0 aliphatic carbocycles. The summed E-state index contributed by atoms with van der Waals surface area (Å²) in [5.74, 6) is 1.02. The number of allylic oxidation sites excluding steroid dienone is 1. The molecule has 0 saturated heterocycles. The number of nitrogens with two attached hydrogens (primary N) is 2. The van der Waals surface area contributed by atoms with Crippen LogP contribution in [0.3, 0.4) is 0 Å². The molecule has 26 heavy (non-hydrogen) atoms. The molecule has 0 radical (unpaired) electrons. The molecule has 0 saturated carbocycles. The molecule has 1 aliphatic rings. The summed E-state index contributed by atoms with van der Waals surface area (Å²) in [6.07, 6.45) is 0. The van der Waals surface area contributed by atoms with E-state index in [0.717, 1.165) is 11.3 Å². The van der Waals surface area contributed by atoms with Crippen molar-refractivity contribution in [2.24, 2.45) is 5.73 Å². The highest BCUT2D eigenvalue weighted by molar-refractivity contribution is 6.04. The van der Waals surface area contributed by atoms with Gasteiger partial charge < -0.3 is 31.6 Å². The van der Waals surface area contributed by atoms with Gasteiger partial charge in [0.2, 0.25) is 6.79 Å². The number of nitrogen functional groups attached to an aromatic ring is 1. The van der Waals surface area contributed by atoms with E-state index in [0.29, 0.717) is 41.5 Å². The predicted octanol–water partition coefficient (Wildman–Crippen LogP) is 1.96. The van der Waals surface area contributed by atoms with Gasteiger partial charge >= 0.3 is 0 Å². The number of ether oxygens (including phenoxy) is 2. The molecule has 1 heterocycles. The first-order valence-corrected chi connectivity index (χ1v) is 8.24. The highest BCUT2D eigenvalue weighted by Gasteiger charge is 2.16. The van der Waals surface area contributed by atoms with Crippen LogP contribution < -0.4 is 31.6 Å². The molecule has 1 amide bonds. The lowest BCUT2D eigenvalue weighted by Gasteiger charge is -2.12. The molecule has 136 valence electrons. The van der Waals surface area contributed by atoms with Crippen LogP contribution in [-0.2, 0) is 11.3 Å². The number of carbonyl (C=O) groups excluding carboxylic acids is 1. The van der Waals surface area contributed by atoms with Gasteiger partial charge in [-0.25, -0.2) is 0 Å². The van der Waals surface area contributed by atoms with Crippen LogP contribution in [0.1, 0.15) is 12.5 Å². The molecule has 7 nitrogen and oxygen atoms in total. The van der Waals surface area contributed by atoms with Crippen molar-refractivity contribution in [3.63, 3.8) is 0 Å². The topological polar surface area (TPSA) is 112 Å². The van der Waals surface area contributed by atoms with Crippen LogP contribution in [0.25, 0.3) is 0 Å². The van der Waals surface area contributed by atoms with Crippen molar-refractivity contribution in [2.45, 2.75) is 13.5 Å². The van der Waals surface area contributed by atoms with Gasteiger partial charge in [-0.05, 0) is 36.8 Å². The summed E-state index contributed by atoms with van der Waals surface area (Å²) < 4.78 is 10.6. The van der Waals surface area contributed by atoms with Crippen molar-refractivity contribution in [3.8, 4) is 11.5 Å². The standard InChI is InChI=1S/C19H22N4O3/c1-12(20)16(10-22-9-13-2-4-14(21)5-3-13)19(24)23-15-6-7-17-18(8-15)26-11-25-17/h2-8,22H,9-11,20-21H2,1H3,(H,23,24)/b16-12-. The van der Waals surface area contributed by atoms with Crippen LogP contribution in [-0.4, -0.2) is 19.2 Å². The van der Waals surface area contributed by atoms with E-state index in [1.165, 1.54) is 0 Å². The van der Waals surface area contributed by atoms with Gasteiger partial charge in [0.05, 0.1) is 0 Å². The molecule has 0 aromatic heterocycles. The maximum Gasteiger partial charge on any atom is 0.254 e. The first kappa shape index (κ1) is 17.6. The normalized spacial score (nSPS) is 13.3. The fourth-order valence-corrected chi connectivity index (χ4v) is 2.55. The molecule has 2 aromatic rings. The zero-order chi connectivity index (χ0) is 18.5. The molecule has 0 fully saturated rings. The number of nitrogens with one attached hydrogen (secondary N) is 2. The van der Waals surface area contributed by atoms with Gasteiger partial charge in [0.25, 0.3) is 5.91 Å². The number of carbonyl (C=O) groups is 1. The fraction of sp³-hybridized carbons (Fsp3) is 0.211. The van der Waals surface area contributed by atoms with E-state index in [9.17, 15) is 4.79 Å². The van der Waals surface area contributed by atoms with E-state index >= 15 is 0 Å². The van der Waals surface area contributed by atoms with Gasteiger partial charge in [0.1, 0.15) is 0 Å². The van der Waals surface area contributed by atoms with E-state index < -0.39 is 0 Å². The first-order chi connectivity index (χ1) is 12.5. The van der Waals surface area contributed by atoms with Crippen molar-refractivity contribution in [2.75, 3.05) is 24.4 Å². The SMILES string of the molecule is C/C(N)=C(\CNCc1ccc(N)cc1)C(=O)Nc1ccc2c(c1)OCO2. The van der Waals surface area contributed by atoms with Crippen LogP contribution >= 0.6 is 0 Å². The first-order valence-electron chi connectivity index (χ1n) is 8.24. The molecule has 0 atom stereocenters. The van der Waals surface area contributed by atoms with E-state index in [1.807, 2.05) is 24.3 Å². The molecule has 2 aromatic carbocycles. The molecule has 1 aliphatic heterocycles. The average Bonchev–Trinajstić information content (AvgIpc) is 3.07. The maximum absolute atomic E-state index is 12.6. The Bertz CT molecular complexity index is 827. The third kappa shape index (κ3) is 4.25. The summed E-state index contributed by atoms with van der Waals surface area (Å²) in [5.41, 5.74) is 14.9. The second-order valence-corrected chi connectivity index (χ2v) is 6.03. The summed E-state index contributed by atoms with van der Waals surface area (Å²) in [6.45, 7) is 2.85. The molecule has 0 bridgehead atoms. The van der Waals surface area contributed by atoms with E-state index in [1.54, 1.807) is 25.1 Å². The van der Waals surface area contributed by atoms with Gasteiger partial charge in [0.15, 0.2) is 11.5 Å². The summed E-state index contributed by atoms with van der Waals surface area (Å²) >= 11 is 0. The number of benzene rings is 2. The molecular formula is C19H22N4O3. The lowest BCUT2D eigenvalue weighted by atomic mass is 10.1. The number of amides is 1. The molecule has 7 heteroatoms. The molecular weight excluding hydrogens is 332 g/mol.